The average molecular weight is 763 g/mol. The molecule has 4 aliphatic heterocycles. The van der Waals surface area contributed by atoms with Crippen LogP contribution in [-0.2, 0) is 38.0 Å². The first-order valence-electron chi connectivity index (χ1n) is 21.2. The highest BCUT2D eigenvalue weighted by Gasteiger charge is 2.68. The molecule has 4 N–H and O–H groups in total. The van der Waals surface area contributed by atoms with Gasteiger partial charge in [0.25, 0.3) is 0 Å². The van der Waals surface area contributed by atoms with E-state index in [4.69, 9.17) is 33.2 Å². The van der Waals surface area contributed by atoms with Gasteiger partial charge in [0.2, 0.25) is 0 Å². The molecule has 0 spiro atoms. The van der Waals surface area contributed by atoms with E-state index < -0.39 is 48.9 Å². The number of carbonyl (C=O) groups excluding carboxylic acids is 1. The topological polar surface area (TPSA) is 163 Å². The summed E-state index contributed by atoms with van der Waals surface area (Å²) in [5, 5.41) is 43.7. The van der Waals surface area contributed by atoms with Crippen LogP contribution < -0.4 is 0 Å². The maximum Gasteiger partial charge on any atom is 0.331 e. The zero-order chi connectivity index (χ0) is 38.3. The Labute approximate surface area is 320 Å². The third-order valence-corrected chi connectivity index (χ3v) is 16.2. The van der Waals surface area contributed by atoms with Crippen molar-refractivity contribution in [1.29, 1.82) is 0 Å². The fourth-order valence-corrected chi connectivity index (χ4v) is 13.1. The Hall–Kier alpha value is -1.19. The number of rotatable bonds is 7. The summed E-state index contributed by atoms with van der Waals surface area (Å²) in [6, 6.07) is 0. The highest BCUT2D eigenvalue weighted by molar-refractivity contribution is 5.85. The monoisotopic (exact) mass is 762 g/mol. The van der Waals surface area contributed by atoms with Crippen molar-refractivity contribution in [3.8, 4) is 0 Å². The lowest BCUT2D eigenvalue weighted by atomic mass is 9.43. The first kappa shape index (κ1) is 39.6. The van der Waals surface area contributed by atoms with Gasteiger partial charge in [-0.3, -0.25) is 0 Å². The molecule has 0 radical (unpaired) electrons. The van der Waals surface area contributed by atoms with Crippen LogP contribution in [0.1, 0.15) is 119 Å². The minimum Gasteiger partial charge on any atom is -0.458 e. The molecule has 7 fully saturated rings. The van der Waals surface area contributed by atoms with Gasteiger partial charge in [-0.1, -0.05) is 27.7 Å². The van der Waals surface area contributed by atoms with Crippen LogP contribution in [0.3, 0.4) is 0 Å². The Bertz CT molecular complexity index is 1370. The van der Waals surface area contributed by atoms with Gasteiger partial charge in [-0.05, 0) is 118 Å². The molecule has 0 bridgehead atoms. The van der Waals surface area contributed by atoms with Crippen LogP contribution in [0.4, 0.5) is 0 Å². The second kappa shape index (κ2) is 14.9. The summed E-state index contributed by atoms with van der Waals surface area (Å²) in [6.07, 6.45) is 5.73. The molecule has 12 heteroatoms. The molecule has 4 saturated carbocycles. The van der Waals surface area contributed by atoms with Crippen molar-refractivity contribution in [3.63, 3.8) is 0 Å². The fourth-order valence-electron chi connectivity index (χ4n) is 13.1. The van der Waals surface area contributed by atoms with Crippen molar-refractivity contribution in [3.05, 3.63) is 11.6 Å². The van der Waals surface area contributed by atoms with Crippen molar-refractivity contribution in [2.75, 3.05) is 6.61 Å². The van der Waals surface area contributed by atoms with Gasteiger partial charge >= 0.3 is 5.97 Å². The predicted molar refractivity (Wildman–Crippen MR) is 194 cm³/mol. The number of esters is 1. The molecule has 3 saturated heterocycles. The summed E-state index contributed by atoms with van der Waals surface area (Å²) in [5.74, 6) is 1.35. The van der Waals surface area contributed by atoms with E-state index in [-0.39, 0.29) is 71.5 Å². The largest absolute Gasteiger partial charge is 0.458 e. The maximum atomic E-state index is 12.6. The van der Waals surface area contributed by atoms with Gasteiger partial charge in [0.05, 0.1) is 36.1 Å². The molecule has 0 aromatic heterocycles. The summed E-state index contributed by atoms with van der Waals surface area (Å²) in [4.78, 5) is 11.9. The highest BCUT2D eigenvalue weighted by atomic mass is 16.8. The van der Waals surface area contributed by atoms with Crippen LogP contribution in [0.2, 0.25) is 0 Å². The van der Waals surface area contributed by atoms with E-state index in [1.54, 1.807) is 13.0 Å². The molecule has 20 atom stereocenters. The molecule has 0 amide bonds. The Morgan fingerprint density at radius 2 is 1.41 bits per heavy atom. The van der Waals surface area contributed by atoms with Crippen LogP contribution in [0.5, 0.6) is 0 Å². The van der Waals surface area contributed by atoms with Crippen molar-refractivity contribution in [2.45, 2.75) is 192 Å². The number of aliphatic hydroxyl groups is 4. The number of aliphatic hydroxyl groups excluding tert-OH is 3. The molecule has 8 rings (SSSR count). The van der Waals surface area contributed by atoms with Gasteiger partial charge in [-0.2, -0.15) is 0 Å². The predicted octanol–water partition coefficient (Wildman–Crippen LogP) is 4.73. The molecule has 54 heavy (non-hydrogen) atoms. The summed E-state index contributed by atoms with van der Waals surface area (Å²) in [6.45, 7) is 13.0. The minimum atomic E-state index is -1.23. The SMILES string of the molecule is C[C@H]1C[C@@H](O[C@H]2[C@@H](C)C[C@H](O[C@H]3CC[C@@]4(C)[C@H](CC[C@@H]5[C@@H]4CC[C@]4(C)[C@@H](C6=CC(=O)OC6)CC[C@]54O)C3)O[C@@H]2C)O[C@H](O)C1O[C@H]1C[C@H](O)[C@H](O)[C@@H](C)O1. The number of fused-ring (bicyclic) bond motifs is 5. The molecule has 0 aromatic rings. The third-order valence-electron chi connectivity index (χ3n) is 16.2. The summed E-state index contributed by atoms with van der Waals surface area (Å²) in [7, 11) is 0. The number of ether oxygens (including phenoxy) is 7. The van der Waals surface area contributed by atoms with Gasteiger partial charge < -0.3 is 53.6 Å². The van der Waals surface area contributed by atoms with E-state index >= 15 is 0 Å². The average Bonchev–Trinajstić information content (AvgIpc) is 3.66. The molecule has 4 heterocycles. The Morgan fingerprint density at radius 1 is 0.722 bits per heavy atom. The van der Waals surface area contributed by atoms with Crippen molar-refractivity contribution in [1.82, 2.24) is 0 Å². The van der Waals surface area contributed by atoms with Gasteiger partial charge in [-0.15, -0.1) is 0 Å². The van der Waals surface area contributed by atoms with Crippen LogP contribution in [0.15, 0.2) is 11.6 Å². The smallest absolute Gasteiger partial charge is 0.331 e. The second-order valence-corrected chi connectivity index (χ2v) is 19.2. The van der Waals surface area contributed by atoms with E-state index in [1.807, 2.05) is 13.8 Å². The second-order valence-electron chi connectivity index (χ2n) is 19.2. The van der Waals surface area contributed by atoms with Gasteiger partial charge in [0.15, 0.2) is 25.2 Å². The Kier molecular flexibility index (Phi) is 10.9. The first-order valence-corrected chi connectivity index (χ1v) is 21.2. The van der Waals surface area contributed by atoms with Crippen molar-refractivity contribution >= 4 is 5.97 Å². The normalized spacial score (nSPS) is 55.0. The molecule has 1 unspecified atom stereocenters. The fraction of sp³-hybridized carbons (Fsp3) is 0.929. The standard InChI is InChI=1S/C42H66O12/c1-21-15-33(50-24(4)37(21)52-34-16-22(2)38(39(46)54-34)53-35-19-31(43)36(45)23(3)49-35)51-27-9-12-40(5)26(18-27)7-8-30-29(40)10-13-41(6)28(11-14-42(30,41)47)25-17-32(44)48-20-25/h17,21-24,26-31,33-39,43,45-47H,7-16,18-20H2,1-6H3/t21-,22-,23+,24+,26+,27-,28+,29-,30+,31-,33-,34-,35-,36+,37-,38?,39-,40-,41+,42-/m0/s1. The van der Waals surface area contributed by atoms with Gasteiger partial charge in [0.1, 0.15) is 18.8 Å². The lowest BCUT2D eigenvalue weighted by molar-refractivity contribution is -0.357. The lowest BCUT2D eigenvalue weighted by Crippen LogP contribution is -2.62. The van der Waals surface area contributed by atoms with Crippen molar-refractivity contribution < 1.29 is 58.4 Å². The van der Waals surface area contributed by atoms with Gasteiger partial charge in [0, 0.05) is 30.8 Å². The number of carbonyl (C=O) groups is 1. The molecule has 12 nitrogen and oxygen atoms in total. The van der Waals surface area contributed by atoms with Crippen LogP contribution in [-0.4, -0.2) is 106 Å². The van der Waals surface area contributed by atoms with Crippen molar-refractivity contribution in [2.24, 2.45) is 46.3 Å². The molecule has 0 aromatic carbocycles. The summed E-state index contributed by atoms with van der Waals surface area (Å²) >= 11 is 0. The van der Waals surface area contributed by atoms with Crippen LogP contribution >= 0.6 is 0 Å². The molecule has 306 valence electrons. The Morgan fingerprint density at radius 3 is 2.09 bits per heavy atom. The van der Waals surface area contributed by atoms with E-state index in [0.29, 0.717) is 31.3 Å². The lowest BCUT2D eigenvalue weighted by Gasteiger charge is -2.64. The molecular weight excluding hydrogens is 696 g/mol. The minimum absolute atomic E-state index is 0.104. The highest BCUT2D eigenvalue weighted by Crippen LogP contribution is 2.70. The molecular formula is C42H66O12. The quantitative estimate of drug-likeness (QED) is 0.209. The zero-order valence-corrected chi connectivity index (χ0v) is 33.1. The Balaban J connectivity index is 0.826. The molecule has 8 aliphatic rings. The van der Waals surface area contributed by atoms with E-state index in [0.717, 1.165) is 63.4 Å². The first-order chi connectivity index (χ1) is 25.6. The maximum absolute atomic E-state index is 12.6. The summed E-state index contributed by atoms with van der Waals surface area (Å²) < 4.78 is 42.7. The summed E-state index contributed by atoms with van der Waals surface area (Å²) in [5.41, 5.74) is 0.334. The third kappa shape index (κ3) is 6.83. The number of hydrogen-bond acceptors (Lipinski definition) is 12. The number of hydrogen-bond donors (Lipinski definition) is 4. The van der Waals surface area contributed by atoms with E-state index in [9.17, 15) is 25.2 Å². The molecule has 4 aliphatic carbocycles. The zero-order valence-electron chi connectivity index (χ0n) is 33.1. The van der Waals surface area contributed by atoms with Crippen LogP contribution in [0.25, 0.3) is 0 Å². The van der Waals surface area contributed by atoms with Gasteiger partial charge in [-0.25, -0.2) is 4.79 Å². The van der Waals surface area contributed by atoms with Crippen LogP contribution in [0, 0.1) is 46.3 Å². The number of cyclic esters (lactones) is 1. The van der Waals surface area contributed by atoms with E-state index in [1.165, 1.54) is 0 Å². The van der Waals surface area contributed by atoms with E-state index in [2.05, 4.69) is 20.8 Å².